The van der Waals surface area contributed by atoms with Crippen molar-refractivity contribution in [2.75, 3.05) is 25.0 Å². The van der Waals surface area contributed by atoms with Gasteiger partial charge in [-0.25, -0.2) is 9.48 Å². The highest BCUT2D eigenvalue weighted by molar-refractivity contribution is 6.31. The van der Waals surface area contributed by atoms with Crippen LogP contribution in [0.5, 0.6) is 5.75 Å². The van der Waals surface area contributed by atoms with Crippen LogP contribution in [0.2, 0.25) is 5.02 Å². The van der Waals surface area contributed by atoms with E-state index < -0.39 is 12.1 Å². The Labute approximate surface area is 221 Å². The molecule has 0 bridgehead atoms. The maximum Gasteiger partial charge on any atom is 0.490 e. The number of carboxylic acids is 1. The van der Waals surface area contributed by atoms with Gasteiger partial charge in [0.15, 0.2) is 5.82 Å². The monoisotopic (exact) mass is 557 g/mol. The number of amides is 1. The fourth-order valence-corrected chi connectivity index (χ4v) is 3.27. The molecule has 0 spiro atoms. The van der Waals surface area contributed by atoms with E-state index in [0.717, 1.165) is 11.5 Å². The molecule has 0 unspecified atom stereocenters. The third-order valence-corrected chi connectivity index (χ3v) is 5.13. The number of carbonyl (C=O) groups excluding carboxylic acids is 1. The molecule has 0 radical (unpaired) electrons. The molecule has 15 heteroatoms. The number of halogens is 4. The van der Waals surface area contributed by atoms with Crippen molar-refractivity contribution in [2.45, 2.75) is 32.5 Å². The average Bonchev–Trinajstić information content (AvgIpc) is 3.26. The van der Waals surface area contributed by atoms with Gasteiger partial charge in [-0.1, -0.05) is 11.6 Å². The van der Waals surface area contributed by atoms with E-state index in [2.05, 4.69) is 25.8 Å². The number of aliphatic carboxylic acids is 1. The minimum absolute atomic E-state index is 0.00148. The highest BCUT2D eigenvalue weighted by Gasteiger charge is 2.38. The number of anilines is 1. The second-order valence-electron chi connectivity index (χ2n) is 8.05. The number of carbonyl (C=O) groups is 2. The molecule has 3 rings (SSSR count). The average molecular weight is 558 g/mol. The summed E-state index contributed by atoms with van der Waals surface area (Å²) >= 11 is 6.26. The molecule has 2 heterocycles. The van der Waals surface area contributed by atoms with E-state index in [1.54, 1.807) is 47.2 Å². The minimum atomic E-state index is -5.08. The standard InChI is InChI=1S/C21H26ClN7O2.C2HF3O2/c1-15(2)29(10-6-20-25-26-27-28(20)3)21(30)16-12-17(22)14-19(13-16)31-11-9-24-18-4-7-23-8-5-18;3-2(4,5)1(6)7/h4-5,7-8,12-15H,6,9-11H2,1-3H3,(H,23,24);(H,6,7). The fraction of sp³-hybridized carbons (Fsp3) is 0.391. The number of nitrogens with zero attached hydrogens (tertiary/aromatic N) is 6. The molecule has 0 aliphatic rings. The normalized spacial score (nSPS) is 10.9. The maximum atomic E-state index is 13.2. The Kier molecular flexibility index (Phi) is 11.3. The zero-order valence-electron chi connectivity index (χ0n) is 20.8. The number of rotatable bonds is 10. The third kappa shape index (κ3) is 9.84. The van der Waals surface area contributed by atoms with Crippen molar-refractivity contribution < 1.29 is 32.6 Å². The van der Waals surface area contributed by atoms with Gasteiger partial charge in [0.25, 0.3) is 5.91 Å². The zero-order valence-corrected chi connectivity index (χ0v) is 21.6. The molecule has 0 aliphatic heterocycles. The zero-order chi connectivity index (χ0) is 28.3. The van der Waals surface area contributed by atoms with Crippen LogP contribution in [-0.2, 0) is 18.3 Å². The van der Waals surface area contributed by atoms with Crippen molar-refractivity contribution in [1.82, 2.24) is 30.1 Å². The number of alkyl halides is 3. The summed E-state index contributed by atoms with van der Waals surface area (Å²) in [5.41, 5.74) is 1.45. The predicted octanol–water partition coefficient (Wildman–Crippen LogP) is 3.48. The molecular weight excluding hydrogens is 531 g/mol. The van der Waals surface area contributed by atoms with Gasteiger partial charge in [0.2, 0.25) is 0 Å². The molecule has 1 aromatic carbocycles. The Hall–Kier alpha value is -3.94. The number of aromatic nitrogens is 5. The molecule has 0 atom stereocenters. The molecule has 2 aromatic heterocycles. The van der Waals surface area contributed by atoms with Crippen molar-refractivity contribution >= 4 is 29.2 Å². The van der Waals surface area contributed by atoms with Gasteiger partial charge in [0, 0.05) is 61.3 Å². The van der Waals surface area contributed by atoms with Gasteiger partial charge in [-0.3, -0.25) is 9.78 Å². The summed E-state index contributed by atoms with van der Waals surface area (Å²) < 4.78 is 39.2. The summed E-state index contributed by atoms with van der Waals surface area (Å²) in [5, 5.41) is 22.3. The van der Waals surface area contributed by atoms with E-state index in [1.165, 1.54) is 0 Å². The lowest BCUT2D eigenvalue weighted by Gasteiger charge is -2.27. The number of benzene rings is 1. The van der Waals surface area contributed by atoms with E-state index in [9.17, 15) is 18.0 Å². The number of aryl methyl sites for hydroxylation is 1. The number of tetrazole rings is 1. The molecule has 0 fully saturated rings. The quantitative estimate of drug-likeness (QED) is 0.359. The molecule has 2 N–H and O–H groups in total. The second-order valence-corrected chi connectivity index (χ2v) is 8.49. The Morgan fingerprint density at radius 2 is 1.87 bits per heavy atom. The number of pyridine rings is 1. The lowest BCUT2D eigenvalue weighted by Crippen LogP contribution is -2.38. The van der Waals surface area contributed by atoms with E-state index in [4.69, 9.17) is 26.2 Å². The summed E-state index contributed by atoms with van der Waals surface area (Å²) in [6.45, 7) is 5.45. The Morgan fingerprint density at radius 3 is 2.42 bits per heavy atom. The van der Waals surface area contributed by atoms with Gasteiger partial charge in [-0.05, 0) is 54.6 Å². The number of nitrogens with one attached hydrogen (secondary N) is 1. The highest BCUT2D eigenvalue weighted by atomic mass is 35.5. The lowest BCUT2D eigenvalue weighted by atomic mass is 10.1. The smallest absolute Gasteiger partial charge is 0.490 e. The van der Waals surface area contributed by atoms with E-state index >= 15 is 0 Å². The molecule has 1 amide bonds. The van der Waals surface area contributed by atoms with Gasteiger partial charge in [0.05, 0.1) is 0 Å². The van der Waals surface area contributed by atoms with Gasteiger partial charge in [-0.2, -0.15) is 13.2 Å². The molecule has 11 nitrogen and oxygen atoms in total. The highest BCUT2D eigenvalue weighted by Crippen LogP contribution is 2.23. The fourth-order valence-electron chi connectivity index (χ4n) is 3.04. The van der Waals surface area contributed by atoms with Crippen LogP contribution in [0.25, 0.3) is 0 Å². The second kappa shape index (κ2) is 14.1. The van der Waals surface area contributed by atoms with Crippen LogP contribution in [0.3, 0.4) is 0 Å². The van der Waals surface area contributed by atoms with Gasteiger partial charge < -0.3 is 20.1 Å². The van der Waals surface area contributed by atoms with Crippen molar-refractivity contribution in [3.8, 4) is 5.75 Å². The van der Waals surface area contributed by atoms with Gasteiger partial charge >= 0.3 is 12.1 Å². The van der Waals surface area contributed by atoms with Crippen LogP contribution in [0, 0.1) is 0 Å². The molecule has 206 valence electrons. The summed E-state index contributed by atoms with van der Waals surface area (Å²) in [6, 6.07) is 8.85. The summed E-state index contributed by atoms with van der Waals surface area (Å²) in [7, 11) is 1.78. The Morgan fingerprint density at radius 1 is 1.21 bits per heavy atom. The van der Waals surface area contributed by atoms with Gasteiger partial charge in [0.1, 0.15) is 12.4 Å². The van der Waals surface area contributed by atoms with Crippen molar-refractivity contribution in [2.24, 2.45) is 7.05 Å². The van der Waals surface area contributed by atoms with Crippen LogP contribution in [0.4, 0.5) is 18.9 Å². The van der Waals surface area contributed by atoms with E-state index in [0.29, 0.717) is 42.5 Å². The first-order chi connectivity index (χ1) is 17.9. The third-order valence-electron chi connectivity index (χ3n) is 4.91. The molecule has 38 heavy (non-hydrogen) atoms. The SMILES string of the molecule is CC(C)N(CCc1nnnn1C)C(=O)c1cc(Cl)cc(OCCNc2ccncc2)c1.O=C(O)C(F)(F)F. The van der Waals surface area contributed by atoms with Crippen molar-refractivity contribution in [3.05, 3.63) is 59.1 Å². The number of ether oxygens (including phenoxy) is 1. The Balaban J connectivity index is 0.000000638. The number of hydrogen-bond donors (Lipinski definition) is 2. The molecule has 3 aromatic rings. The first-order valence-corrected chi connectivity index (χ1v) is 11.7. The first kappa shape index (κ1) is 30.3. The summed E-state index contributed by atoms with van der Waals surface area (Å²) in [5.74, 6) is -1.61. The number of hydrogen-bond acceptors (Lipinski definition) is 8. The largest absolute Gasteiger partial charge is 0.492 e. The van der Waals surface area contributed by atoms with Crippen molar-refractivity contribution in [3.63, 3.8) is 0 Å². The maximum absolute atomic E-state index is 13.2. The van der Waals surface area contributed by atoms with E-state index in [-0.39, 0.29) is 11.9 Å². The van der Waals surface area contributed by atoms with Crippen LogP contribution in [0.1, 0.15) is 30.0 Å². The first-order valence-electron chi connectivity index (χ1n) is 11.3. The van der Waals surface area contributed by atoms with Gasteiger partial charge in [-0.15, -0.1) is 5.10 Å². The number of carboxylic acid groups (broad SMARTS) is 1. The van der Waals surface area contributed by atoms with Crippen molar-refractivity contribution in [1.29, 1.82) is 0 Å². The summed E-state index contributed by atoms with van der Waals surface area (Å²) in [4.78, 5) is 27.8. The van der Waals surface area contributed by atoms with Crippen LogP contribution in [-0.4, -0.2) is 79.0 Å². The van der Waals surface area contributed by atoms with E-state index in [1.807, 2.05) is 26.0 Å². The Bertz CT molecular complexity index is 1190. The summed E-state index contributed by atoms with van der Waals surface area (Å²) in [6.07, 6.45) is -1.09. The van der Waals surface area contributed by atoms with Crippen LogP contribution >= 0.6 is 11.6 Å². The molecule has 0 saturated carbocycles. The molecule has 0 aliphatic carbocycles. The lowest BCUT2D eigenvalue weighted by molar-refractivity contribution is -0.192. The topological polar surface area (TPSA) is 135 Å². The van der Waals surface area contributed by atoms with Crippen LogP contribution in [0.15, 0.2) is 42.7 Å². The minimum Gasteiger partial charge on any atom is -0.492 e. The molecular formula is C23H27ClF3N7O4. The molecule has 0 saturated heterocycles. The van der Waals surface area contributed by atoms with Crippen LogP contribution < -0.4 is 10.1 Å². The predicted molar refractivity (Wildman–Crippen MR) is 132 cm³/mol.